The molecule has 0 spiro atoms. The van der Waals surface area contributed by atoms with Crippen LogP contribution in [-0.4, -0.2) is 34.2 Å². The molecular weight excluding hydrogens is 520 g/mol. The summed E-state index contributed by atoms with van der Waals surface area (Å²) in [6, 6.07) is 12.3. The fraction of sp³-hybridized carbons (Fsp3) is 0.278. The predicted octanol–water partition coefficient (Wildman–Crippen LogP) is 3.92. The molecule has 2 N–H and O–H groups in total. The molecule has 0 aliphatic carbocycles. The van der Waals surface area contributed by atoms with Crippen LogP contribution in [0.2, 0.25) is 10.0 Å². The van der Waals surface area contributed by atoms with E-state index in [0.717, 1.165) is 17.5 Å². The van der Waals surface area contributed by atoms with E-state index in [2.05, 4.69) is 15.6 Å². The van der Waals surface area contributed by atoms with Crippen molar-refractivity contribution < 1.29 is 8.42 Å². The minimum absolute atomic E-state index is 0. The Morgan fingerprint density at radius 3 is 2.30 bits per heavy atom. The van der Waals surface area contributed by atoms with Gasteiger partial charge in [0.25, 0.3) is 0 Å². The fourth-order valence-electron chi connectivity index (χ4n) is 2.29. The fourth-order valence-corrected chi connectivity index (χ4v) is 3.40. The third-order valence-corrected chi connectivity index (χ3v) is 5.46. The summed E-state index contributed by atoms with van der Waals surface area (Å²) in [5.41, 5.74) is 1.97. The Morgan fingerprint density at radius 2 is 1.74 bits per heavy atom. The summed E-state index contributed by atoms with van der Waals surface area (Å²) in [4.78, 5) is 4.50. The highest BCUT2D eigenvalue weighted by molar-refractivity contribution is 14.0. The molecule has 0 bridgehead atoms. The molecule has 0 unspecified atom stereocenters. The molecule has 0 amide bonds. The first kappa shape index (κ1) is 24.0. The Bertz CT molecular complexity index is 888. The lowest BCUT2D eigenvalue weighted by atomic mass is 10.1. The van der Waals surface area contributed by atoms with Crippen molar-refractivity contribution in [3.05, 3.63) is 63.6 Å². The number of hydrogen-bond donors (Lipinski definition) is 2. The summed E-state index contributed by atoms with van der Waals surface area (Å²) in [7, 11) is -1.47. The second-order valence-electron chi connectivity index (χ2n) is 5.75. The Kier molecular flexibility index (Phi) is 9.86. The summed E-state index contributed by atoms with van der Waals surface area (Å²) >= 11 is 12.1. The monoisotopic (exact) mass is 541 g/mol. The van der Waals surface area contributed by atoms with Gasteiger partial charge in [0, 0.05) is 36.4 Å². The van der Waals surface area contributed by atoms with Crippen molar-refractivity contribution in [1.29, 1.82) is 0 Å². The van der Waals surface area contributed by atoms with Gasteiger partial charge in [0.15, 0.2) is 15.8 Å². The molecule has 0 fully saturated rings. The van der Waals surface area contributed by atoms with Crippen LogP contribution in [-0.2, 0) is 22.8 Å². The van der Waals surface area contributed by atoms with Crippen molar-refractivity contribution in [2.75, 3.05) is 19.8 Å². The lowest BCUT2D eigenvalue weighted by Gasteiger charge is -2.13. The molecule has 0 aliphatic heterocycles. The molecule has 0 atom stereocenters. The molecule has 27 heavy (non-hydrogen) atoms. The van der Waals surface area contributed by atoms with Crippen LogP contribution in [0, 0.1) is 0 Å². The van der Waals surface area contributed by atoms with Gasteiger partial charge in [0.05, 0.1) is 4.90 Å². The smallest absolute Gasteiger partial charge is 0.191 e. The highest BCUT2D eigenvalue weighted by Gasteiger charge is 2.06. The van der Waals surface area contributed by atoms with E-state index in [9.17, 15) is 8.42 Å². The van der Waals surface area contributed by atoms with E-state index < -0.39 is 9.84 Å². The molecule has 2 aromatic carbocycles. The van der Waals surface area contributed by atoms with Crippen LogP contribution in [0.5, 0.6) is 0 Å². The van der Waals surface area contributed by atoms with Gasteiger partial charge >= 0.3 is 0 Å². The number of hydrogen-bond acceptors (Lipinski definition) is 3. The Morgan fingerprint density at radius 1 is 1.07 bits per heavy atom. The normalized spacial score (nSPS) is 11.6. The number of nitrogens with one attached hydrogen (secondary N) is 2. The SMILES string of the molecule is CN=C(NCCc1ccc(S(C)(=O)=O)cc1)NCc1ccc(Cl)cc1Cl.I. The Balaban J connectivity index is 0.00000364. The average Bonchev–Trinajstić information content (AvgIpc) is 2.59. The lowest BCUT2D eigenvalue weighted by Crippen LogP contribution is -2.37. The maximum absolute atomic E-state index is 11.5. The number of aliphatic imine (C=N–C) groups is 1. The molecule has 9 heteroatoms. The van der Waals surface area contributed by atoms with E-state index in [1.165, 1.54) is 6.26 Å². The van der Waals surface area contributed by atoms with Crippen LogP contribution < -0.4 is 10.6 Å². The zero-order valence-corrected chi connectivity index (χ0v) is 19.7. The Hall–Kier alpha value is -1.03. The third-order valence-electron chi connectivity index (χ3n) is 3.74. The minimum Gasteiger partial charge on any atom is -0.356 e. The van der Waals surface area contributed by atoms with Crippen LogP contribution in [0.25, 0.3) is 0 Å². The molecule has 0 heterocycles. The van der Waals surface area contributed by atoms with Gasteiger partial charge in [-0.25, -0.2) is 8.42 Å². The first-order chi connectivity index (χ1) is 12.3. The lowest BCUT2D eigenvalue weighted by molar-refractivity contribution is 0.602. The minimum atomic E-state index is -3.16. The number of guanidine groups is 1. The molecule has 0 radical (unpaired) electrons. The zero-order chi connectivity index (χ0) is 19.2. The molecule has 0 aromatic heterocycles. The van der Waals surface area contributed by atoms with Crippen LogP contribution in [0.15, 0.2) is 52.4 Å². The van der Waals surface area contributed by atoms with E-state index in [0.29, 0.717) is 34.0 Å². The van der Waals surface area contributed by atoms with Crippen LogP contribution >= 0.6 is 47.2 Å². The summed E-state index contributed by atoms with van der Waals surface area (Å²) in [5.74, 6) is 0.656. The number of benzene rings is 2. The van der Waals surface area contributed by atoms with E-state index in [4.69, 9.17) is 23.2 Å². The summed E-state index contributed by atoms with van der Waals surface area (Å²) in [6.45, 7) is 1.19. The van der Waals surface area contributed by atoms with E-state index in [1.54, 1.807) is 31.3 Å². The van der Waals surface area contributed by atoms with E-state index in [-0.39, 0.29) is 24.0 Å². The quantitative estimate of drug-likeness (QED) is 0.330. The van der Waals surface area contributed by atoms with Crippen LogP contribution in [0.1, 0.15) is 11.1 Å². The summed E-state index contributed by atoms with van der Waals surface area (Å²) in [6.07, 6.45) is 1.94. The van der Waals surface area contributed by atoms with Crippen molar-refractivity contribution in [2.45, 2.75) is 17.9 Å². The van der Waals surface area contributed by atoms with Crippen LogP contribution in [0.4, 0.5) is 0 Å². The second-order valence-corrected chi connectivity index (χ2v) is 8.61. The van der Waals surface area contributed by atoms with Crippen LogP contribution in [0.3, 0.4) is 0 Å². The van der Waals surface area contributed by atoms with Crippen molar-refractivity contribution in [3.63, 3.8) is 0 Å². The second kappa shape index (κ2) is 11.1. The average molecular weight is 542 g/mol. The number of rotatable bonds is 6. The molecule has 2 rings (SSSR count). The van der Waals surface area contributed by atoms with Gasteiger partial charge in [-0.1, -0.05) is 41.4 Å². The van der Waals surface area contributed by atoms with Crippen molar-refractivity contribution >= 4 is 63.0 Å². The zero-order valence-electron chi connectivity index (χ0n) is 15.0. The number of nitrogens with zero attached hydrogens (tertiary/aromatic N) is 1. The third kappa shape index (κ3) is 7.85. The van der Waals surface area contributed by atoms with Gasteiger partial charge in [0.1, 0.15) is 0 Å². The molecule has 2 aromatic rings. The maximum Gasteiger partial charge on any atom is 0.191 e. The van der Waals surface area contributed by atoms with Crippen molar-refractivity contribution in [1.82, 2.24) is 10.6 Å². The predicted molar refractivity (Wildman–Crippen MR) is 123 cm³/mol. The molecular formula is C18H22Cl2IN3O2S. The van der Waals surface area contributed by atoms with E-state index >= 15 is 0 Å². The number of halogens is 3. The summed E-state index contributed by atoms with van der Waals surface area (Å²) in [5, 5.41) is 7.61. The molecule has 0 aliphatic rings. The van der Waals surface area contributed by atoms with Gasteiger partial charge in [-0.3, -0.25) is 4.99 Å². The van der Waals surface area contributed by atoms with Gasteiger partial charge in [-0.05, 0) is 41.8 Å². The van der Waals surface area contributed by atoms with Gasteiger partial charge in [-0.15, -0.1) is 24.0 Å². The van der Waals surface area contributed by atoms with Gasteiger partial charge in [-0.2, -0.15) is 0 Å². The van der Waals surface area contributed by atoms with E-state index in [1.807, 2.05) is 18.2 Å². The highest BCUT2D eigenvalue weighted by Crippen LogP contribution is 2.20. The first-order valence-corrected chi connectivity index (χ1v) is 10.6. The molecule has 0 saturated heterocycles. The van der Waals surface area contributed by atoms with Crippen molar-refractivity contribution in [2.24, 2.45) is 4.99 Å². The van der Waals surface area contributed by atoms with Gasteiger partial charge < -0.3 is 10.6 Å². The van der Waals surface area contributed by atoms with Gasteiger partial charge in [0.2, 0.25) is 0 Å². The maximum atomic E-state index is 11.5. The topological polar surface area (TPSA) is 70.6 Å². The Labute approximate surface area is 187 Å². The first-order valence-electron chi connectivity index (χ1n) is 7.97. The molecule has 0 saturated carbocycles. The van der Waals surface area contributed by atoms with Crippen molar-refractivity contribution in [3.8, 4) is 0 Å². The molecule has 5 nitrogen and oxygen atoms in total. The highest BCUT2D eigenvalue weighted by atomic mass is 127. The molecule has 148 valence electrons. The standard InChI is InChI=1S/C18H21Cl2N3O2S.HI/c1-21-18(23-12-14-5-6-15(19)11-17(14)20)22-10-9-13-3-7-16(8-4-13)26(2,24)25;/h3-8,11H,9-10,12H2,1-2H3,(H2,21,22,23);1H. The summed E-state index contributed by atoms with van der Waals surface area (Å²) < 4.78 is 22.9. The largest absolute Gasteiger partial charge is 0.356 e. The number of sulfone groups is 1.